The fourth-order valence-electron chi connectivity index (χ4n) is 3.38. The van der Waals surface area contributed by atoms with Gasteiger partial charge in [-0.1, -0.05) is 41.9 Å². The average Bonchev–Trinajstić information content (AvgIpc) is 3.03. The summed E-state index contributed by atoms with van der Waals surface area (Å²) in [7, 11) is 0. The smallest absolute Gasteiger partial charge is 0.233 e. The van der Waals surface area contributed by atoms with E-state index >= 15 is 0 Å². The van der Waals surface area contributed by atoms with Crippen LogP contribution in [0.2, 0.25) is 0 Å². The van der Waals surface area contributed by atoms with E-state index < -0.39 is 0 Å². The Morgan fingerprint density at radius 2 is 2.09 bits per heavy atom. The first kappa shape index (κ1) is 13.9. The number of ether oxygens (including phenoxy) is 1. The zero-order chi connectivity index (χ0) is 14.8. The van der Waals surface area contributed by atoms with Gasteiger partial charge in [0.05, 0.1) is 24.7 Å². The standard InChI is InChI=1S/C17H21N3O2/c1-2-5-13(6-3-1)11-17(7-4-8-17)16-19-15(20-22-16)14-12-21-10-9-18-14/h1-3,5-6,14,18H,4,7-12H2/t14-/m1/s1. The number of nitrogens with zero attached hydrogens (tertiary/aromatic N) is 2. The minimum atomic E-state index is 0.0299. The molecule has 1 saturated heterocycles. The maximum atomic E-state index is 5.64. The van der Waals surface area contributed by atoms with Gasteiger partial charge in [-0.25, -0.2) is 0 Å². The Kier molecular flexibility index (Phi) is 3.68. The average molecular weight is 299 g/mol. The molecule has 1 atom stereocenters. The molecule has 0 unspecified atom stereocenters. The second-order valence-electron chi connectivity index (χ2n) is 6.34. The molecule has 0 spiro atoms. The number of benzene rings is 1. The third-order valence-electron chi connectivity index (χ3n) is 4.82. The normalized spacial score (nSPS) is 23.9. The van der Waals surface area contributed by atoms with Gasteiger partial charge in [0, 0.05) is 6.54 Å². The fraction of sp³-hybridized carbons (Fsp3) is 0.529. The van der Waals surface area contributed by atoms with Crippen LogP contribution in [-0.4, -0.2) is 29.9 Å². The van der Waals surface area contributed by atoms with E-state index in [-0.39, 0.29) is 11.5 Å². The summed E-state index contributed by atoms with van der Waals surface area (Å²) in [5, 5.41) is 7.58. The molecule has 5 heteroatoms. The van der Waals surface area contributed by atoms with E-state index in [2.05, 4.69) is 40.8 Å². The van der Waals surface area contributed by atoms with Crippen LogP contribution in [0.3, 0.4) is 0 Å². The molecule has 1 aliphatic heterocycles. The molecular formula is C17H21N3O2. The third kappa shape index (κ3) is 2.55. The highest BCUT2D eigenvalue weighted by Gasteiger charge is 2.44. The lowest BCUT2D eigenvalue weighted by Crippen LogP contribution is -2.37. The molecule has 1 aromatic heterocycles. The van der Waals surface area contributed by atoms with Gasteiger partial charge >= 0.3 is 0 Å². The summed E-state index contributed by atoms with van der Waals surface area (Å²) in [6.45, 7) is 2.20. The summed E-state index contributed by atoms with van der Waals surface area (Å²) in [5.41, 5.74) is 1.36. The number of hydrogen-bond donors (Lipinski definition) is 1. The molecule has 1 aromatic carbocycles. The minimum absolute atomic E-state index is 0.0299. The second-order valence-corrected chi connectivity index (χ2v) is 6.34. The maximum Gasteiger partial charge on any atom is 0.233 e. The molecule has 0 amide bonds. The molecular weight excluding hydrogens is 278 g/mol. The van der Waals surface area contributed by atoms with Crippen LogP contribution in [-0.2, 0) is 16.6 Å². The van der Waals surface area contributed by atoms with Crippen molar-refractivity contribution >= 4 is 0 Å². The lowest BCUT2D eigenvalue weighted by Gasteiger charge is -2.38. The van der Waals surface area contributed by atoms with Crippen LogP contribution in [0.5, 0.6) is 0 Å². The summed E-state index contributed by atoms with van der Waals surface area (Å²) in [5.74, 6) is 1.53. The number of morpholine rings is 1. The first-order valence-corrected chi connectivity index (χ1v) is 8.05. The number of aromatic nitrogens is 2. The number of hydrogen-bond acceptors (Lipinski definition) is 5. The van der Waals surface area contributed by atoms with Crippen LogP contribution in [0, 0.1) is 0 Å². The van der Waals surface area contributed by atoms with Crippen LogP contribution in [0.1, 0.15) is 42.6 Å². The number of rotatable bonds is 4. The summed E-state index contributed by atoms with van der Waals surface area (Å²) in [6, 6.07) is 10.6. The van der Waals surface area contributed by atoms with Crippen LogP contribution in [0.15, 0.2) is 34.9 Å². The molecule has 2 aliphatic rings. The Balaban J connectivity index is 1.55. The molecule has 5 nitrogen and oxygen atoms in total. The quantitative estimate of drug-likeness (QED) is 0.939. The van der Waals surface area contributed by atoms with E-state index in [9.17, 15) is 0 Å². The van der Waals surface area contributed by atoms with Gasteiger partial charge < -0.3 is 14.6 Å². The molecule has 2 heterocycles. The zero-order valence-electron chi connectivity index (χ0n) is 12.6. The van der Waals surface area contributed by atoms with Crippen molar-refractivity contribution in [2.45, 2.75) is 37.1 Å². The van der Waals surface area contributed by atoms with Crippen molar-refractivity contribution in [3.63, 3.8) is 0 Å². The van der Waals surface area contributed by atoms with Crippen LogP contribution in [0.25, 0.3) is 0 Å². The zero-order valence-corrected chi connectivity index (χ0v) is 12.6. The van der Waals surface area contributed by atoms with Crippen molar-refractivity contribution in [2.24, 2.45) is 0 Å². The summed E-state index contributed by atoms with van der Waals surface area (Å²) in [4.78, 5) is 4.70. The Bertz CT molecular complexity index is 616. The lowest BCUT2D eigenvalue weighted by atomic mass is 9.65. The van der Waals surface area contributed by atoms with E-state index in [1.54, 1.807) is 0 Å². The summed E-state index contributed by atoms with van der Waals surface area (Å²) in [6.07, 6.45) is 4.45. The second kappa shape index (κ2) is 5.82. The van der Waals surface area contributed by atoms with E-state index in [4.69, 9.17) is 14.2 Å². The van der Waals surface area contributed by atoms with Gasteiger partial charge in [0.25, 0.3) is 0 Å². The van der Waals surface area contributed by atoms with Crippen LogP contribution in [0.4, 0.5) is 0 Å². The summed E-state index contributed by atoms with van der Waals surface area (Å²) < 4.78 is 11.1. The van der Waals surface area contributed by atoms with Gasteiger partial charge in [0.1, 0.15) is 0 Å². The van der Waals surface area contributed by atoms with Gasteiger partial charge in [-0.05, 0) is 24.8 Å². The molecule has 1 saturated carbocycles. The Morgan fingerprint density at radius 3 is 2.77 bits per heavy atom. The monoisotopic (exact) mass is 299 g/mol. The molecule has 2 aromatic rings. The fourth-order valence-corrected chi connectivity index (χ4v) is 3.38. The van der Waals surface area contributed by atoms with Crippen LogP contribution >= 0.6 is 0 Å². The summed E-state index contributed by atoms with van der Waals surface area (Å²) >= 11 is 0. The largest absolute Gasteiger partial charge is 0.378 e. The first-order chi connectivity index (χ1) is 10.9. The molecule has 116 valence electrons. The van der Waals surface area contributed by atoms with Crippen molar-refractivity contribution in [1.29, 1.82) is 0 Å². The van der Waals surface area contributed by atoms with Crippen molar-refractivity contribution < 1.29 is 9.26 Å². The highest BCUT2D eigenvalue weighted by atomic mass is 16.5. The molecule has 0 radical (unpaired) electrons. The van der Waals surface area contributed by atoms with Crippen molar-refractivity contribution in [2.75, 3.05) is 19.8 Å². The number of nitrogens with one attached hydrogen (secondary N) is 1. The molecule has 0 bridgehead atoms. The van der Waals surface area contributed by atoms with Gasteiger partial charge in [-0.2, -0.15) is 4.98 Å². The van der Waals surface area contributed by atoms with Crippen molar-refractivity contribution in [3.05, 3.63) is 47.6 Å². The van der Waals surface area contributed by atoms with Gasteiger partial charge in [0.15, 0.2) is 5.82 Å². The molecule has 1 aliphatic carbocycles. The lowest BCUT2D eigenvalue weighted by molar-refractivity contribution is 0.0734. The highest BCUT2D eigenvalue weighted by Crippen LogP contribution is 2.45. The topological polar surface area (TPSA) is 60.2 Å². The highest BCUT2D eigenvalue weighted by molar-refractivity contribution is 5.23. The Labute approximate surface area is 130 Å². The van der Waals surface area contributed by atoms with E-state index in [0.29, 0.717) is 6.61 Å². The predicted molar refractivity (Wildman–Crippen MR) is 81.5 cm³/mol. The molecule has 2 fully saturated rings. The third-order valence-corrected chi connectivity index (χ3v) is 4.82. The minimum Gasteiger partial charge on any atom is -0.378 e. The maximum absolute atomic E-state index is 5.64. The van der Waals surface area contributed by atoms with Crippen molar-refractivity contribution in [3.8, 4) is 0 Å². The Morgan fingerprint density at radius 1 is 1.23 bits per heavy atom. The van der Waals surface area contributed by atoms with E-state index in [1.807, 2.05) is 0 Å². The first-order valence-electron chi connectivity index (χ1n) is 8.05. The van der Waals surface area contributed by atoms with E-state index in [1.165, 1.54) is 12.0 Å². The SMILES string of the molecule is c1ccc(CC2(c3nc([C@H]4COCCN4)no3)CCC2)cc1. The van der Waals surface area contributed by atoms with Crippen LogP contribution < -0.4 is 5.32 Å². The van der Waals surface area contributed by atoms with E-state index in [0.717, 1.165) is 44.1 Å². The van der Waals surface area contributed by atoms with Gasteiger partial charge in [0.2, 0.25) is 5.89 Å². The molecule has 4 rings (SSSR count). The van der Waals surface area contributed by atoms with Gasteiger partial charge in [-0.15, -0.1) is 0 Å². The van der Waals surface area contributed by atoms with Gasteiger partial charge in [-0.3, -0.25) is 0 Å². The molecule has 1 N–H and O–H groups in total. The predicted octanol–water partition coefficient (Wildman–Crippen LogP) is 2.39. The molecule has 22 heavy (non-hydrogen) atoms. The Hall–Kier alpha value is -1.72. The van der Waals surface area contributed by atoms with Crippen molar-refractivity contribution in [1.82, 2.24) is 15.5 Å².